The van der Waals surface area contributed by atoms with E-state index < -0.39 is 10.0 Å². The van der Waals surface area contributed by atoms with Gasteiger partial charge in [0.25, 0.3) is 0 Å². The molecule has 0 radical (unpaired) electrons. The van der Waals surface area contributed by atoms with Gasteiger partial charge in [-0.15, -0.1) is 0 Å². The van der Waals surface area contributed by atoms with Gasteiger partial charge in [-0.1, -0.05) is 18.2 Å². The van der Waals surface area contributed by atoms with E-state index in [1.165, 1.54) is 11.2 Å². The quantitative estimate of drug-likeness (QED) is 0.773. The summed E-state index contributed by atoms with van der Waals surface area (Å²) in [6, 6.07) is 14.4. The molecule has 0 spiro atoms. The number of sulfonamides is 1. The van der Waals surface area contributed by atoms with Gasteiger partial charge in [0.05, 0.1) is 4.90 Å². The number of para-hydroxylation sites is 1. The summed E-state index contributed by atoms with van der Waals surface area (Å²) in [5.41, 5.74) is 2.46. The number of amides is 2. The molecular formula is C23H27N3O4S. The van der Waals surface area contributed by atoms with Crippen LogP contribution in [-0.4, -0.2) is 44.2 Å². The zero-order valence-electron chi connectivity index (χ0n) is 17.6. The third-order valence-electron chi connectivity index (χ3n) is 6.07. The Labute approximate surface area is 183 Å². The number of hydrogen-bond donors (Lipinski definition) is 1. The lowest BCUT2D eigenvalue weighted by Crippen LogP contribution is -2.39. The molecule has 0 atom stereocenters. The van der Waals surface area contributed by atoms with Gasteiger partial charge in [0, 0.05) is 44.4 Å². The molecule has 31 heavy (non-hydrogen) atoms. The number of rotatable bonds is 5. The minimum Gasteiger partial charge on any atom is -0.326 e. The number of hydrogen-bond acceptors (Lipinski definition) is 4. The number of nitrogens with one attached hydrogen (secondary N) is 1. The largest absolute Gasteiger partial charge is 0.326 e. The van der Waals surface area contributed by atoms with Gasteiger partial charge in [0.2, 0.25) is 21.8 Å². The second-order valence-electron chi connectivity index (χ2n) is 8.18. The highest BCUT2D eigenvalue weighted by atomic mass is 32.2. The van der Waals surface area contributed by atoms with Gasteiger partial charge >= 0.3 is 0 Å². The van der Waals surface area contributed by atoms with E-state index in [2.05, 4.69) is 5.32 Å². The van der Waals surface area contributed by atoms with Crippen LogP contribution in [0.3, 0.4) is 0 Å². The number of benzene rings is 2. The van der Waals surface area contributed by atoms with Gasteiger partial charge in [0.15, 0.2) is 0 Å². The molecule has 0 bridgehead atoms. The summed E-state index contributed by atoms with van der Waals surface area (Å²) < 4.78 is 27.8. The summed E-state index contributed by atoms with van der Waals surface area (Å²) in [5.74, 6) is 0.0909. The van der Waals surface area contributed by atoms with Gasteiger partial charge in [-0.05, 0) is 61.1 Å². The topological polar surface area (TPSA) is 86.8 Å². The molecule has 0 unspecified atom stereocenters. The van der Waals surface area contributed by atoms with Crippen molar-refractivity contribution in [2.45, 2.75) is 37.5 Å². The van der Waals surface area contributed by atoms with Crippen molar-refractivity contribution < 1.29 is 18.0 Å². The van der Waals surface area contributed by atoms with Crippen molar-refractivity contribution in [1.29, 1.82) is 0 Å². The van der Waals surface area contributed by atoms with E-state index in [0.29, 0.717) is 45.3 Å². The molecule has 0 aliphatic carbocycles. The molecule has 4 rings (SSSR count). The second-order valence-corrected chi connectivity index (χ2v) is 10.1. The lowest BCUT2D eigenvalue weighted by molar-refractivity contribution is -0.117. The molecule has 8 heteroatoms. The maximum absolute atomic E-state index is 13.1. The standard InChI is InChI=1S/C23H27N3O4S/c1-17(27)26-14-11-19-16-21(7-8-22(19)26)31(29,30)25-12-9-18(10-13-25)15-23(28)24-20-5-3-2-4-6-20/h2-8,16,18H,9-15H2,1H3,(H,24,28). The first kappa shape index (κ1) is 21.5. The second kappa shape index (κ2) is 8.80. The maximum Gasteiger partial charge on any atom is 0.243 e. The first-order valence-corrected chi connectivity index (χ1v) is 12.0. The molecule has 2 aromatic rings. The Morgan fingerprint density at radius 2 is 1.74 bits per heavy atom. The van der Waals surface area contributed by atoms with Crippen LogP contribution in [0.2, 0.25) is 0 Å². The number of fused-ring (bicyclic) bond motifs is 1. The summed E-state index contributed by atoms with van der Waals surface area (Å²) >= 11 is 0. The van der Waals surface area contributed by atoms with E-state index in [1.807, 2.05) is 30.3 Å². The fraction of sp³-hybridized carbons (Fsp3) is 0.391. The van der Waals surface area contributed by atoms with E-state index in [4.69, 9.17) is 0 Å². The Bertz CT molecular complexity index is 1080. The molecule has 164 valence electrons. The van der Waals surface area contributed by atoms with Crippen molar-refractivity contribution in [1.82, 2.24) is 4.31 Å². The molecule has 1 fully saturated rings. The molecule has 2 aliphatic rings. The van der Waals surface area contributed by atoms with Gasteiger partial charge in [-0.3, -0.25) is 9.59 Å². The Hall–Kier alpha value is -2.71. The average Bonchev–Trinajstić information content (AvgIpc) is 3.18. The summed E-state index contributed by atoms with van der Waals surface area (Å²) in [5, 5.41) is 2.89. The third kappa shape index (κ3) is 4.65. The van der Waals surface area contributed by atoms with Crippen molar-refractivity contribution in [3.05, 3.63) is 54.1 Å². The van der Waals surface area contributed by atoms with Gasteiger partial charge < -0.3 is 10.2 Å². The number of anilines is 2. The monoisotopic (exact) mass is 441 g/mol. The first-order chi connectivity index (χ1) is 14.8. The molecule has 0 saturated carbocycles. The van der Waals surface area contributed by atoms with Crippen LogP contribution >= 0.6 is 0 Å². The lowest BCUT2D eigenvalue weighted by atomic mass is 9.94. The molecule has 2 heterocycles. The Kier molecular flexibility index (Phi) is 6.11. The SMILES string of the molecule is CC(=O)N1CCc2cc(S(=O)(=O)N3CCC(CC(=O)Nc4ccccc4)CC3)ccc21. The molecule has 0 aromatic heterocycles. The van der Waals surface area contributed by atoms with E-state index in [9.17, 15) is 18.0 Å². The minimum absolute atomic E-state index is 0.0345. The minimum atomic E-state index is -3.59. The number of nitrogens with zero attached hydrogens (tertiary/aromatic N) is 2. The molecule has 2 amide bonds. The first-order valence-electron chi connectivity index (χ1n) is 10.6. The van der Waals surface area contributed by atoms with E-state index >= 15 is 0 Å². The van der Waals surface area contributed by atoms with E-state index in [0.717, 1.165) is 16.9 Å². The van der Waals surface area contributed by atoms with Crippen molar-refractivity contribution in [2.75, 3.05) is 29.9 Å². The molecular weight excluding hydrogens is 414 g/mol. The van der Waals surface area contributed by atoms with Gasteiger partial charge in [-0.25, -0.2) is 8.42 Å². The summed E-state index contributed by atoms with van der Waals surface area (Å²) in [6.07, 6.45) is 2.37. The predicted molar refractivity (Wildman–Crippen MR) is 119 cm³/mol. The van der Waals surface area contributed by atoms with Crippen molar-refractivity contribution >= 4 is 33.2 Å². The molecule has 2 aliphatic heterocycles. The van der Waals surface area contributed by atoms with Crippen LogP contribution in [0.15, 0.2) is 53.4 Å². The highest BCUT2D eigenvalue weighted by Gasteiger charge is 2.32. The van der Waals surface area contributed by atoms with Crippen molar-refractivity contribution in [3.63, 3.8) is 0 Å². The Morgan fingerprint density at radius 3 is 2.42 bits per heavy atom. The van der Waals surface area contributed by atoms with Gasteiger partial charge in [0.1, 0.15) is 0 Å². The maximum atomic E-state index is 13.1. The smallest absolute Gasteiger partial charge is 0.243 e. The van der Waals surface area contributed by atoms with Crippen LogP contribution in [0.4, 0.5) is 11.4 Å². The number of piperidine rings is 1. The predicted octanol–water partition coefficient (Wildman–Crippen LogP) is 3.03. The van der Waals surface area contributed by atoms with Gasteiger partial charge in [-0.2, -0.15) is 4.31 Å². The summed E-state index contributed by atoms with van der Waals surface area (Å²) in [4.78, 5) is 26.0. The highest BCUT2D eigenvalue weighted by molar-refractivity contribution is 7.89. The zero-order chi connectivity index (χ0) is 22.0. The Morgan fingerprint density at radius 1 is 1.03 bits per heavy atom. The third-order valence-corrected chi connectivity index (χ3v) is 7.96. The highest BCUT2D eigenvalue weighted by Crippen LogP contribution is 2.32. The fourth-order valence-electron chi connectivity index (χ4n) is 4.36. The number of carbonyl (C=O) groups excluding carboxylic acids is 2. The van der Waals surface area contributed by atoms with Crippen LogP contribution in [0.1, 0.15) is 31.7 Å². The van der Waals surface area contributed by atoms with E-state index in [-0.39, 0.29) is 22.6 Å². The van der Waals surface area contributed by atoms with Crippen LogP contribution < -0.4 is 10.2 Å². The van der Waals surface area contributed by atoms with Crippen LogP contribution in [0.25, 0.3) is 0 Å². The van der Waals surface area contributed by atoms with E-state index in [1.54, 1.807) is 23.1 Å². The molecule has 2 aromatic carbocycles. The van der Waals surface area contributed by atoms with Crippen molar-refractivity contribution in [2.24, 2.45) is 5.92 Å². The fourth-order valence-corrected chi connectivity index (χ4v) is 5.89. The van der Waals surface area contributed by atoms with Crippen LogP contribution in [-0.2, 0) is 26.0 Å². The zero-order valence-corrected chi connectivity index (χ0v) is 18.4. The molecule has 7 nitrogen and oxygen atoms in total. The molecule has 1 saturated heterocycles. The summed E-state index contributed by atoms with van der Waals surface area (Å²) in [6.45, 7) is 2.92. The number of carbonyl (C=O) groups is 2. The Balaban J connectivity index is 1.36. The van der Waals surface area contributed by atoms with Crippen molar-refractivity contribution in [3.8, 4) is 0 Å². The lowest BCUT2D eigenvalue weighted by Gasteiger charge is -2.31. The normalized spacial score (nSPS) is 17.4. The van der Waals surface area contributed by atoms with Crippen LogP contribution in [0, 0.1) is 5.92 Å². The average molecular weight is 442 g/mol. The molecule has 1 N–H and O–H groups in total. The summed E-state index contributed by atoms with van der Waals surface area (Å²) in [7, 11) is -3.59. The van der Waals surface area contributed by atoms with Crippen LogP contribution in [0.5, 0.6) is 0 Å².